The zero-order chi connectivity index (χ0) is 12.7. The van der Waals surface area contributed by atoms with Crippen molar-refractivity contribution in [2.24, 2.45) is 0 Å². The standard InChI is InChI=1S/C15H14O3/c1-9-4-3-5-11-8-13(18-15(9)11)14(16)12-6-7-17-10(12)2/h3-8,14,16H,1-2H3. The van der Waals surface area contributed by atoms with Gasteiger partial charge in [0, 0.05) is 10.9 Å². The molecule has 0 amide bonds. The summed E-state index contributed by atoms with van der Waals surface area (Å²) in [4.78, 5) is 0. The van der Waals surface area contributed by atoms with Gasteiger partial charge in [-0.15, -0.1) is 0 Å². The number of fused-ring (bicyclic) bond motifs is 1. The Balaban J connectivity index is 2.10. The van der Waals surface area contributed by atoms with E-state index in [1.165, 1.54) is 0 Å². The highest BCUT2D eigenvalue weighted by Crippen LogP contribution is 2.31. The Hall–Kier alpha value is -2.00. The van der Waals surface area contributed by atoms with E-state index in [4.69, 9.17) is 8.83 Å². The van der Waals surface area contributed by atoms with Crippen molar-refractivity contribution < 1.29 is 13.9 Å². The molecule has 0 saturated carbocycles. The van der Waals surface area contributed by atoms with E-state index < -0.39 is 6.10 Å². The Labute approximate surface area is 105 Å². The molecule has 3 nitrogen and oxygen atoms in total. The average Bonchev–Trinajstić information content (AvgIpc) is 2.95. The van der Waals surface area contributed by atoms with E-state index in [0.717, 1.165) is 22.1 Å². The van der Waals surface area contributed by atoms with E-state index in [9.17, 15) is 5.11 Å². The number of aliphatic hydroxyl groups excluding tert-OH is 1. The fraction of sp³-hybridized carbons (Fsp3) is 0.200. The first-order valence-corrected chi connectivity index (χ1v) is 5.88. The smallest absolute Gasteiger partial charge is 0.140 e. The molecule has 92 valence electrons. The first kappa shape index (κ1) is 11.1. The van der Waals surface area contributed by atoms with E-state index in [1.807, 2.05) is 38.1 Å². The maximum Gasteiger partial charge on any atom is 0.140 e. The first-order chi connectivity index (χ1) is 8.66. The molecule has 0 saturated heterocycles. The van der Waals surface area contributed by atoms with Crippen molar-refractivity contribution in [2.45, 2.75) is 20.0 Å². The van der Waals surface area contributed by atoms with Crippen LogP contribution in [0.1, 0.15) is 28.8 Å². The minimum atomic E-state index is -0.782. The number of rotatable bonds is 2. The molecule has 1 atom stereocenters. The lowest BCUT2D eigenvalue weighted by molar-refractivity contribution is 0.190. The molecule has 1 unspecified atom stereocenters. The Morgan fingerprint density at radius 1 is 1.17 bits per heavy atom. The van der Waals surface area contributed by atoms with Crippen molar-refractivity contribution in [2.75, 3.05) is 0 Å². The molecule has 2 heterocycles. The van der Waals surface area contributed by atoms with Gasteiger partial charge < -0.3 is 13.9 Å². The van der Waals surface area contributed by atoms with Gasteiger partial charge in [-0.05, 0) is 31.5 Å². The number of benzene rings is 1. The van der Waals surface area contributed by atoms with Crippen LogP contribution in [0.3, 0.4) is 0 Å². The third kappa shape index (κ3) is 1.64. The van der Waals surface area contributed by atoms with Crippen molar-refractivity contribution in [3.8, 4) is 0 Å². The number of hydrogen-bond donors (Lipinski definition) is 1. The van der Waals surface area contributed by atoms with Gasteiger partial charge in [-0.1, -0.05) is 18.2 Å². The molecule has 0 aliphatic rings. The monoisotopic (exact) mass is 242 g/mol. The summed E-state index contributed by atoms with van der Waals surface area (Å²) in [5, 5.41) is 11.3. The second kappa shape index (κ2) is 4.03. The summed E-state index contributed by atoms with van der Waals surface area (Å²) in [6, 6.07) is 9.58. The van der Waals surface area contributed by atoms with Crippen LogP contribution in [0.2, 0.25) is 0 Å². The van der Waals surface area contributed by atoms with E-state index in [0.29, 0.717) is 11.5 Å². The summed E-state index contributed by atoms with van der Waals surface area (Å²) in [6.45, 7) is 3.82. The van der Waals surface area contributed by atoms with E-state index >= 15 is 0 Å². The van der Waals surface area contributed by atoms with Crippen molar-refractivity contribution in [1.82, 2.24) is 0 Å². The fourth-order valence-electron chi connectivity index (χ4n) is 2.20. The minimum absolute atomic E-state index is 0.545. The number of hydrogen-bond acceptors (Lipinski definition) is 3. The number of aryl methyl sites for hydroxylation is 2. The Morgan fingerprint density at radius 2 is 2.00 bits per heavy atom. The molecule has 3 rings (SSSR count). The Kier molecular flexibility index (Phi) is 2.49. The second-order valence-electron chi connectivity index (χ2n) is 4.48. The molecule has 0 bridgehead atoms. The van der Waals surface area contributed by atoms with Gasteiger partial charge in [-0.2, -0.15) is 0 Å². The lowest BCUT2D eigenvalue weighted by Crippen LogP contribution is -1.97. The van der Waals surface area contributed by atoms with Crippen LogP contribution in [0.4, 0.5) is 0 Å². The first-order valence-electron chi connectivity index (χ1n) is 5.88. The topological polar surface area (TPSA) is 46.5 Å². The normalized spacial score (nSPS) is 13.1. The number of para-hydroxylation sites is 1. The zero-order valence-electron chi connectivity index (χ0n) is 10.3. The molecule has 18 heavy (non-hydrogen) atoms. The van der Waals surface area contributed by atoms with Crippen molar-refractivity contribution in [1.29, 1.82) is 0 Å². The van der Waals surface area contributed by atoms with E-state index in [2.05, 4.69) is 0 Å². The summed E-state index contributed by atoms with van der Waals surface area (Å²) in [5.41, 5.74) is 2.63. The van der Waals surface area contributed by atoms with Crippen LogP contribution in [-0.2, 0) is 0 Å². The number of furan rings is 2. The maximum absolute atomic E-state index is 10.3. The third-order valence-electron chi connectivity index (χ3n) is 3.22. The molecular weight excluding hydrogens is 228 g/mol. The molecular formula is C15H14O3. The van der Waals surface area contributed by atoms with Gasteiger partial charge in [0.2, 0.25) is 0 Å². The van der Waals surface area contributed by atoms with Gasteiger partial charge in [-0.3, -0.25) is 0 Å². The Bertz CT molecular complexity index is 691. The zero-order valence-corrected chi connectivity index (χ0v) is 10.3. The highest BCUT2D eigenvalue weighted by atomic mass is 16.4. The van der Waals surface area contributed by atoms with Crippen LogP contribution < -0.4 is 0 Å². The maximum atomic E-state index is 10.3. The predicted octanol–water partition coefficient (Wildman–Crippen LogP) is 3.72. The van der Waals surface area contributed by atoms with Gasteiger partial charge in [-0.25, -0.2) is 0 Å². The second-order valence-corrected chi connectivity index (χ2v) is 4.48. The molecule has 2 aromatic heterocycles. The molecule has 0 spiro atoms. The van der Waals surface area contributed by atoms with Gasteiger partial charge in [0.05, 0.1) is 6.26 Å². The van der Waals surface area contributed by atoms with Crippen molar-refractivity contribution in [3.05, 3.63) is 59.2 Å². The van der Waals surface area contributed by atoms with Crippen LogP contribution in [-0.4, -0.2) is 5.11 Å². The van der Waals surface area contributed by atoms with Gasteiger partial charge in [0.15, 0.2) is 0 Å². The average molecular weight is 242 g/mol. The summed E-state index contributed by atoms with van der Waals surface area (Å²) in [5.74, 6) is 1.25. The fourth-order valence-corrected chi connectivity index (χ4v) is 2.20. The van der Waals surface area contributed by atoms with Crippen LogP contribution in [0.25, 0.3) is 11.0 Å². The summed E-state index contributed by atoms with van der Waals surface area (Å²) in [6.07, 6.45) is 0.789. The molecule has 0 radical (unpaired) electrons. The summed E-state index contributed by atoms with van der Waals surface area (Å²) < 4.78 is 11.0. The van der Waals surface area contributed by atoms with Gasteiger partial charge in [0.25, 0.3) is 0 Å². The van der Waals surface area contributed by atoms with Crippen LogP contribution >= 0.6 is 0 Å². The molecule has 0 fully saturated rings. The molecule has 1 aromatic carbocycles. The van der Waals surface area contributed by atoms with Crippen LogP contribution in [0.15, 0.2) is 45.4 Å². The summed E-state index contributed by atoms with van der Waals surface area (Å²) in [7, 11) is 0. The van der Waals surface area contributed by atoms with Crippen LogP contribution in [0.5, 0.6) is 0 Å². The molecule has 3 aromatic rings. The summed E-state index contributed by atoms with van der Waals surface area (Å²) >= 11 is 0. The predicted molar refractivity (Wildman–Crippen MR) is 68.5 cm³/mol. The lowest BCUT2D eigenvalue weighted by Gasteiger charge is -2.05. The van der Waals surface area contributed by atoms with E-state index in [-0.39, 0.29) is 0 Å². The van der Waals surface area contributed by atoms with Gasteiger partial charge >= 0.3 is 0 Å². The van der Waals surface area contributed by atoms with Crippen molar-refractivity contribution >= 4 is 11.0 Å². The van der Waals surface area contributed by atoms with Gasteiger partial charge in [0.1, 0.15) is 23.2 Å². The highest BCUT2D eigenvalue weighted by molar-refractivity contribution is 5.81. The minimum Gasteiger partial charge on any atom is -0.469 e. The molecule has 3 heteroatoms. The van der Waals surface area contributed by atoms with Crippen LogP contribution in [0, 0.1) is 13.8 Å². The quantitative estimate of drug-likeness (QED) is 0.744. The highest BCUT2D eigenvalue weighted by Gasteiger charge is 2.19. The Morgan fingerprint density at radius 3 is 2.67 bits per heavy atom. The molecule has 1 N–H and O–H groups in total. The molecule has 0 aliphatic carbocycles. The largest absolute Gasteiger partial charge is 0.469 e. The number of aliphatic hydroxyl groups is 1. The third-order valence-corrected chi connectivity index (χ3v) is 3.22. The SMILES string of the molecule is Cc1occc1C(O)c1cc2cccc(C)c2o1. The lowest BCUT2D eigenvalue weighted by atomic mass is 10.1. The van der Waals surface area contributed by atoms with E-state index in [1.54, 1.807) is 12.3 Å². The van der Waals surface area contributed by atoms with Crippen molar-refractivity contribution in [3.63, 3.8) is 0 Å². The molecule has 0 aliphatic heterocycles.